The van der Waals surface area contributed by atoms with Gasteiger partial charge in [0, 0.05) is 26.3 Å². The molecule has 0 saturated carbocycles. The molecular weight excluding hydrogens is 230 g/mol. The van der Waals surface area contributed by atoms with Crippen LogP contribution in [0.3, 0.4) is 0 Å². The molecule has 2 heterocycles. The molecule has 0 bridgehead atoms. The highest BCUT2D eigenvalue weighted by atomic mass is 16.5. The number of morpholine rings is 1. The molecule has 18 heavy (non-hydrogen) atoms. The third-order valence-electron chi connectivity index (χ3n) is 3.50. The van der Waals surface area contributed by atoms with Gasteiger partial charge in [0.15, 0.2) is 0 Å². The minimum atomic E-state index is 0.128. The van der Waals surface area contributed by atoms with E-state index in [1.165, 1.54) is 5.56 Å². The van der Waals surface area contributed by atoms with Crippen LogP contribution in [-0.2, 0) is 18.2 Å². The van der Waals surface area contributed by atoms with Crippen molar-refractivity contribution in [1.82, 2.24) is 20.1 Å². The largest absolute Gasteiger partial charge is 0.374 e. The number of likely N-dealkylation sites (N-methyl/N-ethyl adjacent to an activating group) is 1. The molecule has 1 aromatic heterocycles. The molecule has 0 spiro atoms. The smallest absolute Gasteiger partial charge is 0.0871 e. The summed E-state index contributed by atoms with van der Waals surface area (Å²) in [7, 11) is 1.92. The maximum atomic E-state index is 5.83. The molecule has 1 aliphatic rings. The van der Waals surface area contributed by atoms with Gasteiger partial charge in [-0.2, -0.15) is 5.10 Å². The molecule has 102 valence electrons. The zero-order valence-corrected chi connectivity index (χ0v) is 11.2. The molecule has 1 fully saturated rings. The van der Waals surface area contributed by atoms with Crippen LogP contribution in [-0.4, -0.2) is 53.1 Å². The van der Waals surface area contributed by atoms with Gasteiger partial charge < -0.3 is 4.74 Å². The highest BCUT2D eigenvalue weighted by Crippen LogP contribution is 2.12. The number of aryl methyl sites for hydroxylation is 1. The van der Waals surface area contributed by atoms with Crippen LogP contribution in [0.2, 0.25) is 0 Å². The Morgan fingerprint density at radius 1 is 1.67 bits per heavy atom. The Balaban J connectivity index is 1.95. The highest BCUT2D eigenvalue weighted by Gasteiger charge is 2.27. The van der Waals surface area contributed by atoms with E-state index in [9.17, 15) is 0 Å². The SMILES string of the molecule is CCN1CCOC(C(Cc2cnn(C)c2)NN)C1. The number of ether oxygens (including phenoxy) is 1. The van der Waals surface area contributed by atoms with Gasteiger partial charge in [-0.3, -0.25) is 20.9 Å². The van der Waals surface area contributed by atoms with Crippen molar-refractivity contribution in [3.05, 3.63) is 18.0 Å². The zero-order chi connectivity index (χ0) is 13.0. The summed E-state index contributed by atoms with van der Waals surface area (Å²) in [6.45, 7) is 5.96. The van der Waals surface area contributed by atoms with Crippen LogP contribution in [0.5, 0.6) is 0 Å². The highest BCUT2D eigenvalue weighted by molar-refractivity contribution is 5.07. The predicted octanol–water partition coefficient (Wildman–Crippen LogP) is -0.485. The van der Waals surface area contributed by atoms with E-state index >= 15 is 0 Å². The normalized spacial score (nSPS) is 23.2. The first kappa shape index (κ1) is 13.5. The van der Waals surface area contributed by atoms with E-state index in [4.69, 9.17) is 10.6 Å². The fourth-order valence-electron chi connectivity index (χ4n) is 2.39. The van der Waals surface area contributed by atoms with Crippen molar-refractivity contribution >= 4 is 0 Å². The van der Waals surface area contributed by atoms with Gasteiger partial charge in [-0.1, -0.05) is 6.92 Å². The summed E-state index contributed by atoms with van der Waals surface area (Å²) in [6.07, 6.45) is 4.88. The Morgan fingerprint density at radius 2 is 2.50 bits per heavy atom. The van der Waals surface area contributed by atoms with Crippen LogP contribution in [0.1, 0.15) is 12.5 Å². The van der Waals surface area contributed by atoms with Gasteiger partial charge in [-0.05, 0) is 18.5 Å². The summed E-state index contributed by atoms with van der Waals surface area (Å²) in [5, 5.41) is 4.18. The average Bonchev–Trinajstić information content (AvgIpc) is 2.81. The quantitative estimate of drug-likeness (QED) is 0.548. The van der Waals surface area contributed by atoms with E-state index in [2.05, 4.69) is 22.3 Å². The fraction of sp³-hybridized carbons (Fsp3) is 0.750. The molecular formula is C12H23N5O. The number of nitrogens with two attached hydrogens (primary N) is 1. The second-order valence-electron chi connectivity index (χ2n) is 4.80. The first-order valence-electron chi connectivity index (χ1n) is 6.50. The Kier molecular flexibility index (Phi) is 4.71. The number of nitrogens with one attached hydrogen (secondary N) is 1. The van der Waals surface area contributed by atoms with Gasteiger partial charge in [0.25, 0.3) is 0 Å². The molecule has 3 N–H and O–H groups in total. The Hall–Kier alpha value is -0.950. The zero-order valence-electron chi connectivity index (χ0n) is 11.2. The maximum absolute atomic E-state index is 5.83. The number of hydrazine groups is 1. The van der Waals surface area contributed by atoms with E-state index in [1.807, 2.05) is 24.1 Å². The third-order valence-corrected chi connectivity index (χ3v) is 3.50. The summed E-state index contributed by atoms with van der Waals surface area (Å²) in [4.78, 5) is 2.39. The van der Waals surface area contributed by atoms with Gasteiger partial charge in [0.1, 0.15) is 0 Å². The van der Waals surface area contributed by atoms with E-state index in [1.54, 1.807) is 0 Å². The molecule has 0 aromatic carbocycles. The molecule has 0 amide bonds. The molecule has 1 aromatic rings. The van der Waals surface area contributed by atoms with Crippen LogP contribution in [0, 0.1) is 0 Å². The van der Waals surface area contributed by atoms with Crippen molar-refractivity contribution in [2.45, 2.75) is 25.5 Å². The van der Waals surface area contributed by atoms with Gasteiger partial charge >= 0.3 is 0 Å². The minimum Gasteiger partial charge on any atom is -0.374 e. The molecule has 0 radical (unpaired) electrons. The van der Waals surface area contributed by atoms with Gasteiger partial charge in [-0.25, -0.2) is 0 Å². The number of aromatic nitrogens is 2. The lowest BCUT2D eigenvalue weighted by atomic mass is 10.0. The summed E-state index contributed by atoms with van der Waals surface area (Å²) in [5.74, 6) is 5.67. The van der Waals surface area contributed by atoms with E-state index < -0.39 is 0 Å². The molecule has 6 nitrogen and oxygen atoms in total. The Morgan fingerprint density at radius 3 is 3.11 bits per heavy atom. The van der Waals surface area contributed by atoms with Crippen molar-refractivity contribution in [2.75, 3.05) is 26.2 Å². The number of rotatable bonds is 5. The number of nitrogens with zero attached hydrogens (tertiary/aromatic N) is 3. The fourth-order valence-corrected chi connectivity index (χ4v) is 2.39. The van der Waals surface area contributed by atoms with Crippen molar-refractivity contribution in [3.63, 3.8) is 0 Å². The second kappa shape index (κ2) is 6.29. The number of hydrogen-bond acceptors (Lipinski definition) is 5. The summed E-state index contributed by atoms with van der Waals surface area (Å²) in [5.41, 5.74) is 4.06. The molecule has 1 saturated heterocycles. The summed E-state index contributed by atoms with van der Waals surface area (Å²) < 4.78 is 7.64. The van der Waals surface area contributed by atoms with Crippen LogP contribution < -0.4 is 11.3 Å². The predicted molar refractivity (Wildman–Crippen MR) is 69.9 cm³/mol. The molecule has 6 heteroatoms. The molecule has 2 atom stereocenters. The molecule has 0 aliphatic carbocycles. The van der Waals surface area contributed by atoms with Crippen molar-refractivity contribution in [2.24, 2.45) is 12.9 Å². The van der Waals surface area contributed by atoms with Crippen molar-refractivity contribution in [1.29, 1.82) is 0 Å². The molecule has 2 unspecified atom stereocenters. The Bertz CT molecular complexity index is 367. The first-order valence-corrected chi connectivity index (χ1v) is 6.50. The average molecular weight is 253 g/mol. The van der Waals surface area contributed by atoms with Crippen molar-refractivity contribution in [3.8, 4) is 0 Å². The maximum Gasteiger partial charge on any atom is 0.0871 e. The second-order valence-corrected chi connectivity index (χ2v) is 4.80. The summed E-state index contributed by atoms with van der Waals surface area (Å²) >= 11 is 0. The lowest BCUT2D eigenvalue weighted by Crippen LogP contribution is -2.54. The van der Waals surface area contributed by atoms with Gasteiger partial charge in [-0.15, -0.1) is 0 Å². The van der Waals surface area contributed by atoms with Crippen molar-refractivity contribution < 1.29 is 4.74 Å². The van der Waals surface area contributed by atoms with Gasteiger partial charge in [0.05, 0.1) is 24.9 Å². The summed E-state index contributed by atoms with van der Waals surface area (Å²) in [6, 6.07) is 0.128. The van der Waals surface area contributed by atoms with Crippen LogP contribution in [0.4, 0.5) is 0 Å². The minimum absolute atomic E-state index is 0.128. The van der Waals surface area contributed by atoms with Crippen LogP contribution in [0.15, 0.2) is 12.4 Å². The third kappa shape index (κ3) is 3.29. The van der Waals surface area contributed by atoms with E-state index in [-0.39, 0.29) is 12.1 Å². The van der Waals surface area contributed by atoms with E-state index in [0.29, 0.717) is 0 Å². The molecule has 2 rings (SSSR count). The monoisotopic (exact) mass is 253 g/mol. The lowest BCUT2D eigenvalue weighted by Gasteiger charge is -2.36. The number of hydrogen-bond donors (Lipinski definition) is 2. The van der Waals surface area contributed by atoms with Gasteiger partial charge in [0.2, 0.25) is 0 Å². The van der Waals surface area contributed by atoms with E-state index in [0.717, 1.165) is 32.7 Å². The van der Waals surface area contributed by atoms with Crippen LogP contribution >= 0.6 is 0 Å². The standard InChI is InChI=1S/C12H23N5O/c1-3-17-4-5-18-12(9-17)11(15-13)6-10-7-14-16(2)8-10/h7-8,11-12,15H,3-6,9,13H2,1-2H3. The lowest BCUT2D eigenvalue weighted by molar-refractivity contribution is -0.0447. The first-order chi connectivity index (χ1) is 8.72. The molecule has 1 aliphatic heterocycles. The van der Waals surface area contributed by atoms with Crippen LogP contribution in [0.25, 0.3) is 0 Å². The Labute approximate surface area is 108 Å². The topological polar surface area (TPSA) is 68.3 Å².